The van der Waals surface area contributed by atoms with Gasteiger partial charge in [0.15, 0.2) is 4.77 Å². The summed E-state index contributed by atoms with van der Waals surface area (Å²) in [6.07, 6.45) is 1.59. The molecule has 3 rings (SSSR count). The molecule has 0 spiro atoms. The molecule has 146 valence electrons. The molecular weight excluding hydrogens is 373 g/mol. The molecule has 28 heavy (non-hydrogen) atoms. The summed E-state index contributed by atoms with van der Waals surface area (Å²) in [6, 6.07) is 14.2. The summed E-state index contributed by atoms with van der Waals surface area (Å²) in [4.78, 5) is 17.6. The van der Waals surface area contributed by atoms with Crippen molar-refractivity contribution in [2.24, 2.45) is 0 Å². The van der Waals surface area contributed by atoms with Crippen LogP contribution in [0.25, 0.3) is 5.69 Å². The van der Waals surface area contributed by atoms with Crippen molar-refractivity contribution in [3.05, 3.63) is 82.1 Å². The third-order valence-electron chi connectivity index (χ3n) is 4.67. The summed E-state index contributed by atoms with van der Waals surface area (Å²) in [7, 11) is 1.76. The lowest BCUT2D eigenvalue weighted by Crippen LogP contribution is -2.28. The topological polar surface area (TPSA) is 41.0 Å². The maximum absolute atomic E-state index is 13.2. The van der Waals surface area contributed by atoms with Gasteiger partial charge in [-0.1, -0.05) is 45.0 Å². The summed E-state index contributed by atoms with van der Waals surface area (Å²) in [5.74, 6) is -0.508. The number of amides is 1. The smallest absolute Gasteiger partial charge is 0.272 e. The van der Waals surface area contributed by atoms with Crippen LogP contribution in [0.5, 0.6) is 0 Å². The van der Waals surface area contributed by atoms with E-state index in [1.54, 1.807) is 34.8 Å². The highest BCUT2D eigenvalue weighted by atomic mass is 32.1. The molecule has 0 saturated carbocycles. The largest absolute Gasteiger partial charge is 0.336 e. The predicted molar refractivity (Wildman–Crippen MR) is 112 cm³/mol. The zero-order chi connectivity index (χ0) is 20.5. The number of aromatic amines is 1. The van der Waals surface area contributed by atoms with Gasteiger partial charge in [-0.3, -0.25) is 9.36 Å². The molecule has 0 fully saturated rings. The SMILES string of the molecule is CN(Cc1ccc(C(C)(C)C)cc1)C(=O)c1c[nH]c(=S)n1-c1ccc(F)cc1. The maximum Gasteiger partial charge on any atom is 0.272 e. The molecule has 6 heteroatoms. The third-order valence-corrected chi connectivity index (χ3v) is 4.97. The van der Waals surface area contributed by atoms with Crippen LogP contribution in [0.15, 0.2) is 54.7 Å². The van der Waals surface area contributed by atoms with E-state index in [-0.39, 0.29) is 17.1 Å². The van der Waals surface area contributed by atoms with Crippen LogP contribution < -0.4 is 0 Å². The zero-order valence-corrected chi connectivity index (χ0v) is 17.3. The van der Waals surface area contributed by atoms with Gasteiger partial charge in [0.1, 0.15) is 11.5 Å². The molecule has 0 unspecified atom stereocenters. The summed E-state index contributed by atoms with van der Waals surface area (Å²) < 4.78 is 15.3. The minimum Gasteiger partial charge on any atom is -0.336 e. The summed E-state index contributed by atoms with van der Waals surface area (Å²) in [5, 5.41) is 0. The molecule has 3 aromatic rings. The van der Waals surface area contributed by atoms with Gasteiger partial charge >= 0.3 is 0 Å². The van der Waals surface area contributed by atoms with Gasteiger partial charge in [-0.05, 0) is 53.0 Å². The number of carbonyl (C=O) groups is 1. The number of halogens is 1. The fourth-order valence-electron chi connectivity index (χ4n) is 3.02. The van der Waals surface area contributed by atoms with Crippen molar-refractivity contribution in [1.29, 1.82) is 0 Å². The lowest BCUT2D eigenvalue weighted by molar-refractivity contribution is 0.0777. The van der Waals surface area contributed by atoms with Gasteiger partial charge in [-0.15, -0.1) is 0 Å². The summed E-state index contributed by atoms with van der Waals surface area (Å²) in [6.45, 7) is 6.99. The van der Waals surface area contributed by atoms with Gasteiger partial charge in [0.2, 0.25) is 0 Å². The van der Waals surface area contributed by atoms with E-state index in [2.05, 4.69) is 37.9 Å². The first kappa shape index (κ1) is 20.0. The molecule has 1 amide bonds. The van der Waals surface area contributed by atoms with Crippen molar-refractivity contribution in [1.82, 2.24) is 14.5 Å². The van der Waals surface area contributed by atoms with Gasteiger partial charge < -0.3 is 9.88 Å². The molecule has 1 aromatic heterocycles. The summed E-state index contributed by atoms with van der Waals surface area (Å²) in [5.41, 5.74) is 3.43. The predicted octanol–water partition coefficient (Wildman–Crippen LogP) is 5.24. The standard InChI is InChI=1S/C22H24FN3OS/c1-22(2,3)16-7-5-15(6-8-16)14-25(4)20(27)19-13-24-21(28)26(19)18-11-9-17(23)10-12-18/h5-13H,14H2,1-4H3,(H,24,28). The fraction of sp³-hybridized carbons (Fsp3) is 0.273. The molecule has 2 aromatic carbocycles. The number of nitrogens with zero attached hydrogens (tertiary/aromatic N) is 2. The number of benzene rings is 2. The Morgan fingerprint density at radius 3 is 2.29 bits per heavy atom. The highest BCUT2D eigenvalue weighted by Crippen LogP contribution is 2.23. The molecule has 0 aliphatic heterocycles. The number of rotatable bonds is 4. The van der Waals surface area contributed by atoms with Crippen molar-refractivity contribution >= 4 is 18.1 Å². The van der Waals surface area contributed by atoms with Crippen LogP contribution in [0.3, 0.4) is 0 Å². The highest BCUT2D eigenvalue weighted by Gasteiger charge is 2.19. The van der Waals surface area contributed by atoms with Crippen LogP contribution in [0.1, 0.15) is 42.4 Å². The number of imidazole rings is 1. The van der Waals surface area contributed by atoms with Gasteiger partial charge in [0.25, 0.3) is 5.91 Å². The van der Waals surface area contributed by atoms with Crippen LogP contribution in [-0.2, 0) is 12.0 Å². The minimum absolute atomic E-state index is 0.0892. The number of aromatic nitrogens is 2. The Bertz CT molecular complexity index is 1030. The number of hydrogen-bond donors (Lipinski definition) is 1. The van der Waals surface area contributed by atoms with Crippen LogP contribution >= 0.6 is 12.2 Å². The van der Waals surface area contributed by atoms with E-state index >= 15 is 0 Å². The maximum atomic E-state index is 13.2. The van der Waals surface area contributed by atoms with E-state index in [1.807, 2.05) is 12.1 Å². The molecule has 0 aliphatic rings. The van der Waals surface area contributed by atoms with Crippen LogP contribution in [0.2, 0.25) is 0 Å². The first-order chi connectivity index (χ1) is 13.2. The molecule has 1 N–H and O–H groups in total. The average molecular weight is 398 g/mol. The zero-order valence-electron chi connectivity index (χ0n) is 16.5. The second-order valence-corrected chi connectivity index (χ2v) is 8.29. The van der Waals surface area contributed by atoms with E-state index in [1.165, 1.54) is 17.7 Å². The first-order valence-corrected chi connectivity index (χ1v) is 9.49. The molecule has 0 bridgehead atoms. The Balaban J connectivity index is 1.83. The fourth-order valence-corrected chi connectivity index (χ4v) is 3.29. The van der Waals surface area contributed by atoms with Gasteiger partial charge in [-0.25, -0.2) is 4.39 Å². The normalized spacial score (nSPS) is 11.5. The molecule has 0 radical (unpaired) electrons. The Morgan fingerprint density at radius 1 is 1.11 bits per heavy atom. The Morgan fingerprint density at radius 2 is 1.71 bits per heavy atom. The molecule has 0 atom stereocenters. The van der Waals surface area contributed by atoms with Crippen molar-refractivity contribution < 1.29 is 9.18 Å². The number of H-pyrrole nitrogens is 1. The lowest BCUT2D eigenvalue weighted by Gasteiger charge is -2.21. The first-order valence-electron chi connectivity index (χ1n) is 9.08. The molecule has 0 aliphatic carbocycles. The van der Waals surface area contributed by atoms with Gasteiger partial charge in [0, 0.05) is 25.5 Å². The van der Waals surface area contributed by atoms with Gasteiger partial charge in [-0.2, -0.15) is 0 Å². The Labute approximate surface area is 169 Å². The Kier molecular flexibility index (Phi) is 5.52. The van der Waals surface area contributed by atoms with Crippen molar-refractivity contribution in [2.45, 2.75) is 32.7 Å². The highest BCUT2D eigenvalue weighted by molar-refractivity contribution is 7.71. The molecule has 4 nitrogen and oxygen atoms in total. The van der Waals surface area contributed by atoms with E-state index in [9.17, 15) is 9.18 Å². The lowest BCUT2D eigenvalue weighted by atomic mass is 9.87. The number of nitrogens with one attached hydrogen (secondary N) is 1. The minimum atomic E-state index is -0.338. The number of hydrogen-bond acceptors (Lipinski definition) is 2. The van der Waals surface area contributed by atoms with Gasteiger partial charge in [0.05, 0.1) is 0 Å². The third kappa shape index (κ3) is 4.22. The van der Waals surface area contributed by atoms with E-state index in [4.69, 9.17) is 12.2 Å². The van der Waals surface area contributed by atoms with Crippen LogP contribution in [0, 0.1) is 10.6 Å². The number of carbonyl (C=O) groups excluding carboxylic acids is 1. The van der Waals surface area contributed by atoms with E-state index in [0.717, 1.165) is 5.56 Å². The molecule has 1 heterocycles. The van der Waals surface area contributed by atoms with Crippen molar-refractivity contribution in [3.8, 4) is 5.69 Å². The summed E-state index contributed by atoms with van der Waals surface area (Å²) >= 11 is 5.32. The monoisotopic (exact) mass is 397 g/mol. The second kappa shape index (κ2) is 7.72. The van der Waals surface area contributed by atoms with E-state index < -0.39 is 0 Å². The van der Waals surface area contributed by atoms with E-state index in [0.29, 0.717) is 22.7 Å². The average Bonchev–Trinajstić information content (AvgIpc) is 3.03. The molecule has 0 saturated heterocycles. The van der Waals surface area contributed by atoms with Crippen LogP contribution in [0.4, 0.5) is 4.39 Å². The Hall–Kier alpha value is -2.73. The van der Waals surface area contributed by atoms with Crippen LogP contribution in [-0.4, -0.2) is 27.4 Å². The second-order valence-electron chi connectivity index (χ2n) is 7.90. The van der Waals surface area contributed by atoms with Crippen molar-refractivity contribution in [2.75, 3.05) is 7.05 Å². The molecular formula is C22H24FN3OS. The quantitative estimate of drug-likeness (QED) is 0.612. The van der Waals surface area contributed by atoms with Crippen molar-refractivity contribution in [3.63, 3.8) is 0 Å².